The Bertz CT molecular complexity index is 1420. The number of ether oxygens (including phenoxy) is 4. The standard InChI is InChI=1S/C41H76N10O13.3H2/c1-30(52)26-50-33(39(43)58)11-4-7-16-46-37(56)28-63-24-23-62-21-19-48-38(57)29-64-25-22-61-20-18-47-36(55)14-9-13-35(54)45-15-6-3-10-32(42)41(60)49-17-8-5-12-34(40(44)59)51-27-31(2)53;;;/h32-34,50-51H,3-29,42H2,1-2H3,(H2,43,58)(H2,44,59)(H,45,54)(H,46,56)(H,47,55)(H,48,57)(H,49,60);3*1H/t32-,33-,34-;;;/m0.../s1/i;3*1+1D. The van der Waals surface area contributed by atoms with Gasteiger partial charge in [0.15, 0.2) is 0 Å². The van der Waals surface area contributed by atoms with E-state index in [-0.39, 0.29) is 133 Å². The van der Waals surface area contributed by atoms with Crippen molar-refractivity contribution in [3.63, 3.8) is 0 Å². The maximum Gasteiger partial charge on any atom is 0.246 e. The molecule has 0 aromatic heterocycles. The molecule has 0 rings (SSSR count). The summed E-state index contributed by atoms with van der Waals surface area (Å²) in [7, 11) is 0. The van der Waals surface area contributed by atoms with Crippen LogP contribution in [0, 0.1) is 0 Å². The third-order valence-corrected chi connectivity index (χ3v) is 9.10. The van der Waals surface area contributed by atoms with Crippen LogP contribution in [0.5, 0.6) is 0 Å². The Morgan fingerprint density at radius 2 is 0.844 bits per heavy atom. The zero-order valence-electron chi connectivity index (χ0n) is 43.9. The van der Waals surface area contributed by atoms with Crippen LogP contribution in [0.1, 0.15) is 99.8 Å². The second-order valence-electron chi connectivity index (χ2n) is 15.0. The van der Waals surface area contributed by atoms with E-state index in [4.69, 9.17) is 45.1 Å². The summed E-state index contributed by atoms with van der Waals surface area (Å²) < 4.78 is 51.3. The molecule has 0 aromatic rings. The molecule has 3 atom stereocenters. The number of carbonyl (C=O) groups is 9. The molecule has 23 heteroatoms. The van der Waals surface area contributed by atoms with Crippen molar-refractivity contribution in [2.24, 2.45) is 17.2 Å². The van der Waals surface area contributed by atoms with E-state index in [1.54, 1.807) is 0 Å². The molecular formula is C41H82N10O13. The van der Waals surface area contributed by atoms with E-state index in [9.17, 15) is 43.2 Å². The molecule has 0 bridgehead atoms. The summed E-state index contributed by atoms with van der Waals surface area (Å²) >= 11 is 0. The van der Waals surface area contributed by atoms with E-state index in [1.165, 1.54) is 13.8 Å². The lowest BCUT2D eigenvalue weighted by atomic mass is 10.1. The van der Waals surface area contributed by atoms with Gasteiger partial charge in [-0.3, -0.25) is 53.8 Å². The van der Waals surface area contributed by atoms with Gasteiger partial charge in [0.2, 0.25) is 41.4 Å². The van der Waals surface area contributed by atoms with Crippen molar-refractivity contribution in [2.75, 3.05) is 98.7 Å². The summed E-state index contributed by atoms with van der Waals surface area (Å²) in [6, 6.07) is -1.87. The minimum absolute atomic E-state index is 0.0705. The highest BCUT2D eigenvalue weighted by atomic mass is 16.5. The molecule has 64 heavy (non-hydrogen) atoms. The van der Waals surface area contributed by atoms with E-state index in [2.05, 4.69) is 37.2 Å². The quantitative estimate of drug-likeness (QED) is 0.0281. The molecule has 13 N–H and O–H groups in total. The topological polar surface area (TPSA) is 353 Å². The number of carbonyl (C=O) groups excluding carboxylic acids is 9. The second-order valence-corrected chi connectivity index (χ2v) is 15.0. The van der Waals surface area contributed by atoms with E-state index < -0.39 is 29.9 Å². The SMILES string of the molecule is CC(=O)CN[C@@H](CCCCNC(=O)COCCOCCNC(=O)COCCOCCNC(=O)CCCC(=O)NCCCC[C@H](N)C(=O)NCCCC[C@H](NCC(C)=O)C(N)=O)C(N)=O.[2H][2H].[2H][2H].[2H][2H]. The number of hydrogen-bond donors (Lipinski definition) is 10. The average molecular weight is 929 g/mol. The molecule has 0 aromatic carbocycles. The first-order chi connectivity index (χ1) is 33.6. The molecule has 23 nitrogen and oxygen atoms in total. The van der Waals surface area contributed by atoms with Gasteiger partial charge in [0, 0.05) is 54.5 Å². The highest BCUT2D eigenvalue weighted by molar-refractivity contribution is 5.83. The van der Waals surface area contributed by atoms with Gasteiger partial charge in [-0.2, -0.15) is 0 Å². The first kappa shape index (κ1) is 53.7. The number of ketones is 2. The monoisotopic (exact) mass is 929 g/mol. The molecular weight excluding hydrogens is 841 g/mol. The van der Waals surface area contributed by atoms with Crippen molar-refractivity contribution >= 4 is 52.9 Å². The summed E-state index contributed by atoms with van der Waals surface area (Å²) in [5.41, 5.74) is 16.7. The van der Waals surface area contributed by atoms with Crippen LogP contribution in [0.15, 0.2) is 0 Å². The summed E-state index contributed by atoms with van der Waals surface area (Å²) in [6.07, 6.45) is 5.95. The average Bonchev–Trinajstić information content (AvgIpc) is 3.33. The predicted molar refractivity (Wildman–Crippen MR) is 241 cm³/mol. The van der Waals surface area contributed by atoms with E-state index >= 15 is 0 Å². The number of nitrogens with two attached hydrogens (primary N) is 3. The van der Waals surface area contributed by atoms with Crippen molar-refractivity contribution < 1.29 is 71.0 Å². The number of primary amides is 2. The predicted octanol–water partition coefficient (Wildman–Crippen LogP) is -2.55. The van der Waals surface area contributed by atoms with Crippen LogP contribution in [0.2, 0.25) is 0 Å². The minimum Gasteiger partial charge on any atom is -0.377 e. The van der Waals surface area contributed by atoms with Crippen LogP contribution in [-0.2, 0) is 62.1 Å². The smallest absolute Gasteiger partial charge is 0.246 e. The molecule has 0 unspecified atom stereocenters. The first-order valence-corrected chi connectivity index (χ1v) is 22.1. The minimum atomic E-state index is -0.678. The number of Topliss-reactive ketones (excluding diaryl/α,β-unsaturated/α-hetero) is 2. The molecule has 0 saturated heterocycles. The Hall–Kier alpha value is -4.65. The summed E-state index contributed by atoms with van der Waals surface area (Å²) in [5.74, 6) is -2.48. The molecule has 374 valence electrons. The fourth-order valence-corrected chi connectivity index (χ4v) is 5.57. The Morgan fingerprint density at radius 3 is 1.28 bits per heavy atom. The van der Waals surface area contributed by atoms with Crippen molar-refractivity contribution in [3.8, 4) is 0 Å². The van der Waals surface area contributed by atoms with Crippen LogP contribution >= 0.6 is 0 Å². The second kappa shape index (κ2) is 39.9. The lowest BCUT2D eigenvalue weighted by molar-refractivity contribution is -0.127. The molecule has 0 radical (unpaired) electrons. The lowest BCUT2D eigenvalue weighted by Gasteiger charge is -2.15. The van der Waals surface area contributed by atoms with Gasteiger partial charge >= 0.3 is 0 Å². The Balaban J connectivity index is -0.00000348. The van der Waals surface area contributed by atoms with Gasteiger partial charge in [-0.25, -0.2) is 0 Å². The zero-order valence-corrected chi connectivity index (χ0v) is 37.9. The van der Waals surface area contributed by atoms with E-state index in [0.29, 0.717) is 83.8 Å². The van der Waals surface area contributed by atoms with Crippen LogP contribution in [0.3, 0.4) is 0 Å². The van der Waals surface area contributed by atoms with Gasteiger partial charge in [0.25, 0.3) is 0 Å². The summed E-state index contributed by atoms with van der Waals surface area (Å²) in [4.78, 5) is 105. The molecule has 0 heterocycles. The molecule has 0 aliphatic carbocycles. The van der Waals surface area contributed by atoms with Crippen LogP contribution < -0.4 is 54.4 Å². The number of unbranched alkanes of at least 4 members (excludes halogenated alkanes) is 3. The maximum atomic E-state index is 12.2. The molecule has 0 fully saturated rings. The fourth-order valence-electron chi connectivity index (χ4n) is 5.57. The van der Waals surface area contributed by atoms with Crippen molar-refractivity contribution in [1.82, 2.24) is 37.2 Å². The normalized spacial score (nSPS) is 12.7. The number of hydrogen-bond acceptors (Lipinski definition) is 16. The van der Waals surface area contributed by atoms with Gasteiger partial charge in [0.1, 0.15) is 24.8 Å². The van der Waals surface area contributed by atoms with Crippen LogP contribution in [0.25, 0.3) is 0 Å². The van der Waals surface area contributed by atoms with Gasteiger partial charge in [-0.15, -0.1) is 0 Å². The van der Waals surface area contributed by atoms with Gasteiger partial charge < -0.3 is 62.7 Å². The van der Waals surface area contributed by atoms with Crippen molar-refractivity contribution in [3.05, 3.63) is 0 Å². The largest absolute Gasteiger partial charge is 0.377 e. The van der Waals surface area contributed by atoms with Crippen LogP contribution in [0.4, 0.5) is 0 Å². The summed E-state index contributed by atoms with van der Waals surface area (Å²) in [6.45, 7) is 5.82. The van der Waals surface area contributed by atoms with Crippen LogP contribution in [-0.4, -0.2) is 170 Å². The van der Waals surface area contributed by atoms with E-state index in [1.807, 2.05) is 0 Å². The van der Waals surface area contributed by atoms with Crippen molar-refractivity contribution in [1.29, 1.82) is 0 Å². The third kappa shape index (κ3) is 37.9. The van der Waals surface area contributed by atoms with Gasteiger partial charge in [0.05, 0.1) is 70.9 Å². The summed E-state index contributed by atoms with van der Waals surface area (Å²) in [5, 5.41) is 19.3. The molecule has 0 aliphatic heterocycles. The molecule has 7 amide bonds. The highest BCUT2D eigenvalue weighted by Gasteiger charge is 2.17. The van der Waals surface area contributed by atoms with Crippen molar-refractivity contribution in [2.45, 2.75) is 109 Å². The van der Waals surface area contributed by atoms with E-state index in [0.717, 1.165) is 0 Å². The Morgan fingerprint density at radius 1 is 0.469 bits per heavy atom. The Kier molecular flexibility index (Phi) is 33.5. The lowest BCUT2D eigenvalue weighted by Crippen LogP contribution is -2.43. The third-order valence-electron chi connectivity index (χ3n) is 9.10. The Labute approximate surface area is 385 Å². The molecule has 0 aliphatic rings. The van der Waals surface area contributed by atoms with Gasteiger partial charge in [-0.1, -0.05) is 0 Å². The number of amides is 7. The first-order valence-electron chi connectivity index (χ1n) is 25.1. The molecule has 0 spiro atoms. The van der Waals surface area contributed by atoms with Gasteiger partial charge in [-0.05, 0) is 78.1 Å². The molecule has 0 saturated carbocycles. The number of rotatable bonds is 44. The maximum absolute atomic E-state index is 12.2. The highest BCUT2D eigenvalue weighted by Crippen LogP contribution is 2.03. The number of nitrogens with one attached hydrogen (secondary N) is 7. The fraction of sp³-hybridized carbons (Fsp3) is 0.780. The zero-order chi connectivity index (χ0) is 53.8.